The third-order valence-electron chi connectivity index (χ3n) is 4.46. The number of aliphatic hydroxyl groups is 1. The second-order valence-corrected chi connectivity index (χ2v) is 6.54. The summed E-state index contributed by atoms with van der Waals surface area (Å²) >= 11 is 0. The number of unbranched alkanes of at least 4 members (excludes halogenated alkanes) is 11. The van der Waals surface area contributed by atoms with Gasteiger partial charge in [0.2, 0.25) is 0 Å². The van der Waals surface area contributed by atoms with Crippen molar-refractivity contribution in [1.82, 2.24) is 0 Å². The van der Waals surface area contributed by atoms with Gasteiger partial charge in [-0.1, -0.05) is 77.2 Å². The monoisotopic (exact) mass is 310 g/mol. The van der Waals surface area contributed by atoms with E-state index in [2.05, 4.69) is 6.92 Å². The van der Waals surface area contributed by atoms with Gasteiger partial charge in [0.05, 0.1) is 5.57 Å². The SMILES string of the molecule is CCCCCCCCCCCCCC=C1C(=O)O[C@H](C)[C@H]1O. The second-order valence-electron chi connectivity index (χ2n) is 6.54. The summed E-state index contributed by atoms with van der Waals surface area (Å²) in [5, 5.41) is 9.79. The highest BCUT2D eigenvalue weighted by Gasteiger charge is 2.34. The molecule has 128 valence electrons. The van der Waals surface area contributed by atoms with Gasteiger partial charge < -0.3 is 9.84 Å². The number of rotatable bonds is 12. The summed E-state index contributed by atoms with van der Waals surface area (Å²) in [5.74, 6) is -0.344. The van der Waals surface area contributed by atoms with Crippen molar-refractivity contribution < 1.29 is 14.6 Å². The number of allylic oxidation sites excluding steroid dienone is 1. The number of hydrogen-bond acceptors (Lipinski definition) is 3. The van der Waals surface area contributed by atoms with E-state index in [0.29, 0.717) is 5.57 Å². The highest BCUT2D eigenvalue weighted by atomic mass is 16.6. The second kappa shape index (κ2) is 11.7. The first-order valence-corrected chi connectivity index (χ1v) is 9.26. The summed E-state index contributed by atoms with van der Waals surface area (Å²) in [5.41, 5.74) is 0.458. The molecule has 0 aromatic carbocycles. The van der Waals surface area contributed by atoms with Gasteiger partial charge in [-0.25, -0.2) is 4.79 Å². The van der Waals surface area contributed by atoms with Crippen LogP contribution >= 0.6 is 0 Å². The molecule has 2 atom stereocenters. The van der Waals surface area contributed by atoms with Crippen LogP contribution in [0.5, 0.6) is 0 Å². The Labute approximate surface area is 136 Å². The van der Waals surface area contributed by atoms with Crippen molar-refractivity contribution >= 4 is 5.97 Å². The first-order chi connectivity index (χ1) is 10.7. The van der Waals surface area contributed by atoms with Crippen LogP contribution in [-0.4, -0.2) is 23.3 Å². The lowest BCUT2D eigenvalue weighted by molar-refractivity contribution is -0.138. The average Bonchev–Trinajstić information content (AvgIpc) is 2.74. The number of carbonyl (C=O) groups excluding carboxylic acids is 1. The van der Waals surface area contributed by atoms with Gasteiger partial charge in [0.15, 0.2) is 0 Å². The summed E-state index contributed by atoms with van der Waals surface area (Å²) in [4.78, 5) is 11.5. The lowest BCUT2D eigenvalue weighted by Crippen LogP contribution is -2.17. The van der Waals surface area contributed by atoms with E-state index in [9.17, 15) is 9.90 Å². The van der Waals surface area contributed by atoms with Crippen LogP contribution in [0.4, 0.5) is 0 Å². The van der Waals surface area contributed by atoms with Crippen LogP contribution in [0, 0.1) is 0 Å². The number of esters is 1. The molecule has 22 heavy (non-hydrogen) atoms. The van der Waals surface area contributed by atoms with Crippen LogP contribution < -0.4 is 0 Å². The van der Waals surface area contributed by atoms with E-state index in [1.165, 1.54) is 64.2 Å². The van der Waals surface area contributed by atoms with Crippen molar-refractivity contribution in [2.75, 3.05) is 0 Å². The Hall–Kier alpha value is -0.830. The van der Waals surface area contributed by atoms with Gasteiger partial charge in [0.25, 0.3) is 0 Å². The molecule has 0 bridgehead atoms. The Bertz CT molecular complexity index is 336. The molecule has 0 aliphatic carbocycles. The van der Waals surface area contributed by atoms with Crippen LogP contribution in [0.3, 0.4) is 0 Å². The first-order valence-electron chi connectivity index (χ1n) is 9.26. The summed E-state index contributed by atoms with van der Waals surface area (Å²) in [6.45, 7) is 3.98. The fourth-order valence-electron chi connectivity index (χ4n) is 2.95. The Balaban J connectivity index is 1.93. The molecule has 0 radical (unpaired) electrons. The summed E-state index contributed by atoms with van der Waals surface area (Å²) < 4.78 is 4.99. The third kappa shape index (κ3) is 7.44. The molecule has 1 aliphatic heterocycles. The molecule has 0 aromatic rings. The van der Waals surface area contributed by atoms with E-state index >= 15 is 0 Å². The molecule has 0 saturated carbocycles. The van der Waals surface area contributed by atoms with E-state index in [4.69, 9.17) is 4.74 Å². The van der Waals surface area contributed by atoms with Crippen LogP contribution in [0.15, 0.2) is 11.6 Å². The standard InChI is InChI=1S/C19H34O3/c1-3-4-5-6-7-8-9-10-11-12-13-14-15-17-18(20)16(2)22-19(17)21/h15-16,18,20H,3-14H2,1-2H3/t16-,18-/m1/s1. The lowest BCUT2D eigenvalue weighted by atomic mass is 10.0. The molecule has 1 fully saturated rings. The third-order valence-corrected chi connectivity index (χ3v) is 4.46. The predicted octanol–water partition coefficient (Wildman–Crippen LogP) is 4.92. The van der Waals surface area contributed by atoms with E-state index < -0.39 is 12.2 Å². The number of ether oxygens (including phenoxy) is 1. The Morgan fingerprint density at radius 2 is 1.45 bits per heavy atom. The van der Waals surface area contributed by atoms with E-state index in [0.717, 1.165) is 12.8 Å². The molecule has 0 aromatic heterocycles. The molecular weight excluding hydrogens is 276 g/mol. The molecule has 1 rings (SSSR count). The van der Waals surface area contributed by atoms with Crippen molar-refractivity contribution in [1.29, 1.82) is 0 Å². The van der Waals surface area contributed by atoms with Gasteiger partial charge in [0.1, 0.15) is 12.2 Å². The highest BCUT2D eigenvalue weighted by Crippen LogP contribution is 2.22. The fourth-order valence-corrected chi connectivity index (χ4v) is 2.95. The molecule has 3 heteroatoms. The van der Waals surface area contributed by atoms with Crippen molar-refractivity contribution in [2.45, 2.75) is 103 Å². The normalized spacial score (nSPS) is 23.2. The number of hydrogen-bond donors (Lipinski definition) is 1. The molecular formula is C19H34O3. The van der Waals surface area contributed by atoms with E-state index in [1.807, 2.05) is 6.08 Å². The summed E-state index contributed by atoms with van der Waals surface area (Å²) in [7, 11) is 0. The number of aliphatic hydroxyl groups excluding tert-OH is 1. The topological polar surface area (TPSA) is 46.5 Å². The lowest BCUT2D eigenvalue weighted by Gasteiger charge is -2.04. The van der Waals surface area contributed by atoms with E-state index in [1.54, 1.807) is 6.92 Å². The maximum absolute atomic E-state index is 11.5. The number of cyclic esters (lactones) is 1. The maximum Gasteiger partial charge on any atom is 0.336 e. The quantitative estimate of drug-likeness (QED) is 0.316. The molecule has 0 spiro atoms. The van der Waals surface area contributed by atoms with Gasteiger partial charge in [-0.2, -0.15) is 0 Å². The summed E-state index contributed by atoms with van der Waals surface area (Å²) in [6.07, 6.45) is 16.1. The average molecular weight is 310 g/mol. The van der Waals surface area contributed by atoms with Crippen LogP contribution in [0.25, 0.3) is 0 Å². The van der Waals surface area contributed by atoms with Crippen molar-refractivity contribution in [2.24, 2.45) is 0 Å². The largest absolute Gasteiger partial charge is 0.456 e. The van der Waals surface area contributed by atoms with Crippen LogP contribution in [-0.2, 0) is 9.53 Å². The Morgan fingerprint density at radius 1 is 0.955 bits per heavy atom. The van der Waals surface area contributed by atoms with Crippen LogP contribution in [0.2, 0.25) is 0 Å². The first kappa shape index (κ1) is 19.2. The van der Waals surface area contributed by atoms with E-state index in [-0.39, 0.29) is 5.97 Å². The smallest absolute Gasteiger partial charge is 0.336 e. The van der Waals surface area contributed by atoms with Crippen LogP contribution in [0.1, 0.15) is 90.9 Å². The Kier molecular flexibility index (Phi) is 10.2. The molecule has 1 saturated heterocycles. The maximum atomic E-state index is 11.5. The minimum Gasteiger partial charge on any atom is -0.456 e. The molecule has 3 nitrogen and oxygen atoms in total. The van der Waals surface area contributed by atoms with Gasteiger partial charge in [-0.05, 0) is 19.8 Å². The molecule has 0 amide bonds. The minimum absolute atomic E-state index is 0.344. The molecule has 1 N–H and O–H groups in total. The van der Waals surface area contributed by atoms with Gasteiger partial charge in [0, 0.05) is 0 Å². The van der Waals surface area contributed by atoms with Crippen molar-refractivity contribution in [3.05, 3.63) is 11.6 Å². The molecule has 0 unspecified atom stereocenters. The molecule has 1 heterocycles. The fraction of sp³-hybridized carbons (Fsp3) is 0.842. The summed E-state index contributed by atoms with van der Waals surface area (Å²) in [6, 6.07) is 0. The van der Waals surface area contributed by atoms with Crippen molar-refractivity contribution in [3.8, 4) is 0 Å². The zero-order valence-electron chi connectivity index (χ0n) is 14.5. The Morgan fingerprint density at radius 3 is 1.91 bits per heavy atom. The predicted molar refractivity (Wildman–Crippen MR) is 90.7 cm³/mol. The van der Waals surface area contributed by atoms with Gasteiger partial charge in [-0.3, -0.25) is 0 Å². The van der Waals surface area contributed by atoms with Gasteiger partial charge >= 0.3 is 5.97 Å². The van der Waals surface area contributed by atoms with Crippen molar-refractivity contribution in [3.63, 3.8) is 0 Å². The zero-order valence-corrected chi connectivity index (χ0v) is 14.5. The highest BCUT2D eigenvalue weighted by molar-refractivity contribution is 5.92. The minimum atomic E-state index is -0.736. The number of carbonyl (C=O) groups is 1. The zero-order chi connectivity index (χ0) is 16.2. The van der Waals surface area contributed by atoms with Gasteiger partial charge in [-0.15, -0.1) is 0 Å². The molecule has 1 aliphatic rings.